The number of phenolic OH excluding ortho intramolecular Hbond substituents is 2. The number of furan rings is 1. The Balaban J connectivity index is 2.31. The normalized spacial score (nSPS) is 11.5. The summed E-state index contributed by atoms with van der Waals surface area (Å²) in [6.45, 7) is 3.85. The predicted molar refractivity (Wildman–Crippen MR) is 71.5 cm³/mol. The Hall–Kier alpha value is -2.16. The summed E-state index contributed by atoms with van der Waals surface area (Å²) in [5.41, 5.74) is 2.26. The SMILES string of the molecule is CC(C)c1c(O)cc(C=Cc2ccoc2)cc1O. The zero-order valence-electron chi connectivity index (χ0n) is 10.4. The molecule has 0 bridgehead atoms. The lowest BCUT2D eigenvalue weighted by Crippen LogP contribution is -1.90. The minimum atomic E-state index is 0.0805. The lowest BCUT2D eigenvalue weighted by Gasteiger charge is -2.11. The predicted octanol–water partition coefficient (Wildman–Crippen LogP) is 3.98. The standard InChI is InChI=1S/C15H16O3/c1-10(2)15-13(16)7-12(8-14(15)17)4-3-11-5-6-18-9-11/h3-10,16-17H,1-2H3. The molecule has 0 spiro atoms. The first-order chi connectivity index (χ1) is 8.58. The van der Waals surface area contributed by atoms with Crippen LogP contribution in [0.2, 0.25) is 0 Å². The summed E-state index contributed by atoms with van der Waals surface area (Å²) >= 11 is 0. The first-order valence-electron chi connectivity index (χ1n) is 5.84. The van der Waals surface area contributed by atoms with Crippen molar-refractivity contribution in [3.05, 3.63) is 47.4 Å². The highest BCUT2D eigenvalue weighted by atomic mass is 16.3. The fourth-order valence-electron chi connectivity index (χ4n) is 1.89. The lowest BCUT2D eigenvalue weighted by molar-refractivity contribution is 0.433. The minimum absolute atomic E-state index is 0.0805. The molecule has 1 aromatic carbocycles. The first-order valence-corrected chi connectivity index (χ1v) is 5.84. The molecule has 2 aromatic rings. The number of rotatable bonds is 3. The van der Waals surface area contributed by atoms with Gasteiger partial charge in [-0.3, -0.25) is 0 Å². The van der Waals surface area contributed by atoms with Crippen LogP contribution in [0.1, 0.15) is 36.5 Å². The second-order valence-electron chi connectivity index (χ2n) is 4.52. The van der Waals surface area contributed by atoms with E-state index in [0.717, 1.165) is 11.1 Å². The topological polar surface area (TPSA) is 53.6 Å². The molecule has 18 heavy (non-hydrogen) atoms. The molecule has 0 unspecified atom stereocenters. The van der Waals surface area contributed by atoms with Crippen molar-refractivity contribution in [2.45, 2.75) is 19.8 Å². The molecule has 94 valence electrons. The van der Waals surface area contributed by atoms with Crippen molar-refractivity contribution in [3.63, 3.8) is 0 Å². The van der Waals surface area contributed by atoms with Crippen molar-refractivity contribution >= 4 is 12.2 Å². The van der Waals surface area contributed by atoms with Gasteiger partial charge < -0.3 is 14.6 Å². The van der Waals surface area contributed by atoms with Crippen LogP contribution in [0.15, 0.2) is 35.1 Å². The van der Waals surface area contributed by atoms with Crippen molar-refractivity contribution in [1.82, 2.24) is 0 Å². The smallest absolute Gasteiger partial charge is 0.123 e. The molecule has 2 N–H and O–H groups in total. The van der Waals surface area contributed by atoms with E-state index in [2.05, 4.69) is 0 Å². The fraction of sp³-hybridized carbons (Fsp3) is 0.200. The van der Waals surface area contributed by atoms with E-state index in [4.69, 9.17) is 4.42 Å². The molecule has 3 heteroatoms. The molecule has 0 aliphatic rings. The van der Waals surface area contributed by atoms with Crippen LogP contribution < -0.4 is 0 Å². The summed E-state index contributed by atoms with van der Waals surface area (Å²) in [7, 11) is 0. The van der Waals surface area contributed by atoms with Crippen molar-refractivity contribution in [3.8, 4) is 11.5 Å². The summed E-state index contributed by atoms with van der Waals surface area (Å²) in [6, 6.07) is 5.12. The Bertz CT molecular complexity index is 528. The van der Waals surface area contributed by atoms with E-state index < -0.39 is 0 Å². The summed E-state index contributed by atoms with van der Waals surface area (Å²) < 4.78 is 4.95. The third kappa shape index (κ3) is 2.56. The summed E-state index contributed by atoms with van der Waals surface area (Å²) in [5, 5.41) is 19.8. The van der Waals surface area contributed by atoms with Crippen LogP contribution in [0.25, 0.3) is 12.2 Å². The number of phenols is 2. The van der Waals surface area contributed by atoms with Crippen LogP contribution in [-0.4, -0.2) is 10.2 Å². The molecule has 1 aromatic heterocycles. The number of aromatic hydroxyl groups is 2. The fourth-order valence-corrected chi connectivity index (χ4v) is 1.89. The third-order valence-corrected chi connectivity index (χ3v) is 2.75. The second-order valence-corrected chi connectivity index (χ2v) is 4.52. The molecule has 2 rings (SSSR count). The van der Waals surface area contributed by atoms with Crippen LogP contribution in [-0.2, 0) is 0 Å². The highest BCUT2D eigenvalue weighted by Crippen LogP contribution is 2.35. The highest BCUT2D eigenvalue weighted by molar-refractivity contribution is 5.71. The monoisotopic (exact) mass is 244 g/mol. The van der Waals surface area contributed by atoms with E-state index >= 15 is 0 Å². The molecular weight excluding hydrogens is 228 g/mol. The van der Waals surface area contributed by atoms with Gasteiger partial charge in [-0.15, -0.1) is 0 Å². The zero-order chi connectivity index (χ0) is 13.1. The summed E-state index contributed by atoms with van der Waals surface area (Å²) in [4.78, 5) is 0. The third-order valence-electron chi connectivity index (χ3n) is 2.75. The highest BCUT2D eigenvalue weighted by Gasteiger charge is 2.12. The van der Waals surface area contributed by atoms with Gasteiger partial charge in [0.1, 0.15) is 11.5 Å². The molecule has 0 amide bonds. The van der Waals surface area contributed by atoms with Crippen LogP contribution in [0.4, 0.5) is 0 Å². The largest absolute Gasteiger partial charge is 0.507 e. The average Bonchev–Trinajstić information content (AvgIpc) is 2.77. The number of benzene rings is 1. The quantitative estimate of drug-likeness (QED) is 0.858. The zero-order valence-corrected chi connectivity index (χ0v) is 10.4. The van der Waals surface area contributed by atoms with E-state index in [0.29, 0.717) is 5.56 Å². The maximum Gasteiger partial charge on any atom is 0.123 e. The first kappa shape index (κ1) is 12.3. The average molecular weight is 244 g/mol. The molecule has 0 saturated carbocycles. The minimum Gasteiger partial charge on any atom is -0.507 e. The van der Waals surface area contributed by atoms with Gasteiger partial charge in [-0.25, -0.2) is 0 Å². The molecule has 0 radical (unpaired) electrons. The van der Waals surface area contributed by atoms with Gasteiger partial charge in [0.05, 0.1) is 12.5 Å². The van der Waals surface area contributed by atoms with Gasteiger partial charge in [-0.2, -0.15) is 0 Å². The van der Waals surface area contributed by atoms with Gasteiger partial charge in [0.25, 0.3) is 0 Å². The van der Waals surface area contributed by atoms with Crippen LogP contribution in [0.5, 0.6) is 11.5 Å². The maximum absolute atomic E-state index is 9.89. The van der Waals surface area contributed by atoms with Gasteiger partial charge in [0.15, 0.2) is 0 Å². The Kier molecular flexibility index (Phi) is 3.42. The van der Waals surface area contributed by atoms with Crippen LogP contribution >= 0.6 is 0 Å². The summed E-state index contributed by atoms with van der Waals surface area (Å²) in [6.07, 6.45) is 6.89. The molecule has 0 atom stereocenters. The molecule has 0 aliphatic carbocycles. The van der Waals surface area contributed by atoms with Crippen molar-refractivity contribution in [1.29, 1.82) is 0 Å². The van der Waals surface area contributed by atoms with Gasteiger partial charge >= 0.3 is 0 Å². The van der Waals surface area contributed by atoms with E-state index in [9.17, 15) is 10.2 Å². The lowest BCUT2D eigenvalue weighted by atomic mass is 9.98. The van der Waals surface area contributed by atoms with E-state index in [1.807, 2.05) is 32.1 Å². The van der Waals surface area contributed by atoms with Crippen molar-refractivity contribution in [2.75, 3.05) is 0 Å². The number of hydrogen-bond donors (Lipinski definition) is 2. The van der Waals surface area contributed by atoms with Gasteiger partial charge in [-0.1, -0.05) is 26.0 Å². The van der Waals surface area contributed by atoms with E-state index in [-0.39, 0.29) is 17.4 Å². The van der Waals surface area contributed by atoms with Gasteiger partial charge in [0.2, 0.25) is 0 Å². The van der Waals surface area contributed by atoms with Gasteiger partial charge in [0, 0.05) is 11.1 Å². The maximum atomic E-state index is 9.89. The van der Waals surface area contributed by atoms with Crippen LogP contribution in [0, 0.1) is 0 Å². The Morgan fingerprint density at radius 1 is 1.06 bits per heavy atom. The summed E-state index contributed by atoms with van der Waals surface area (Å²) in [5.74, 6) is 0.325. The Labute approximate surface area is 106 Å². The molecule has 0 aliphatic heterocycles. The van der Waals surface area contributed by atoms with E-state index in [1.54, 1.807) is 24.7 Å². The molecule has 0 fully saturated rings. The van der Waals surface area contributed by atoms with Crippen molar-refractivity contribution < 1.29 is 14.6 Å². The molecule has 3 nitrogen and oxygen atoms in total. The Morgan fingerprint density at radius 3 is 2.17 bits per heavy atom. The Morgan fingerprint density at radius 2 is 1.67 bits per heavy atom. The van der Waals surface area contributed by atoms with E-state index in [1.165, 1.54) is 0 Å². The van der Waals surface area contributed by atoms with Crippen molar-refractivity contribution in [2.24, 2.45) is 0 Å². The van der Waals surface area contributed by atoms with Gasteiger partial charge in [-0.05, 0) is 29.7 Å². The second kappa shape index (κ2) is 5.00. The molecule has 0 saturated heterocycles. The molecular formula is C15H16O3. The molecule has 1 heterocycles. The van der Waals surface area contributed by atoms with Crippen LogP contribution in [0.3, 0.4) is 0 Å². The number of hydrogen-bond acceptors (Lipinski definition) is 3.